The first kappa shape index (κ1) is 18.1. The third kappa shape index (κ3) is 3.49. The Bertz CT molecular complexity index is 866. The fourth-order valence-corrected chi connectivity index (χ4v) is 4.16. The zero-order chi connectivity index (χ0) is 19.1. The quantitative estimate of drug-likeness (QED) is 0.828. The second-order valence-electron chi connectivity index (χ2n) is 7.54. The van der Waals surface area contributed by atoms with Gasteiger partial charge in [-0.1, -0.05) is 0 Å². The molecule has 0 saturated carbocycles. The van der Waals surface area contributed by atoms with Crippen LogP contribution in [0, 0.1) is 19.7 Å². The van der Waals surface area contributed by atoms with Crippen LogP contribution in [0.5, 0.6) is 0 Å². The van der Waals surface area contributed by atoms with Gasteiger partial charge in [-0.15, -0.1) is 0 Å². The monoisotopic (exact) mass is 372 g/mol. The molecular weight excluding hydrogens is 347 g/mol. The van der Waals surface area contributed by atoms with Crippen LogP contribution < -0.4 is 0 Å². The highest BCUT2D eigenvalue weighted by atomic mass is 19.1. The van der Waals surface area contributed by atoms with Crippen molar-refractivity contribution in [1.82, 2.24) is 19.6 Å². The van der Waals surface area contributed by atoms with Crippen LogP contribution in [0.1, 0.15) is 23.4 Å². The summed E-state index contributed by atoms with van der Waals surface area (Å²) in [7, 11) is 1.85. The van der Waals surface area contributed by atoms with Gasteiger partial charge in [-0.25, -0.2) is 9.07 Å². The van der Waals surface area contributed by atoms with Gasteiger partial charge in [0.15, 0.2) is 0 Å². The number of likely N-dealkylation sites (tertiary alicyclic amines) is 1. The number of nitrogens with zero attached hydrogens (tertiary/aromatic N) is 4. The van der Waals surface area contributed by atoms with Crippen LogP contribution in [-0.4, -0.2) is 64.4 Å². The summed E-state index contributed by atoms with van der Waals surface area (Å²) in [5.74, 6) is -0.134. The van der Waals surface area contributed by atoms with E-state index >= 15 is 0 Å². The van der Waals surface area contributed by atoms with Crippen molar-refractivity contribution >= 4 is 5.91 Å². The lowest BCUT2D eigenvalue weighted by atomic mass is 10.1. The third-order valence-electron chi connectivity index (χ3n) is 5.52. The van der Waals surface area contributed by atoms with Gasteiger partial charge in [0.25, 0.3) is 0 Å². The molecule has 2 aromatic rings. The number of aromatic nitrogens is 2. The summed E-state index contributed by atoms with van der Waals surface area (Å²) in [6.45, 7) is 6.45. The van der Waals surface area contributed by atoms with E-state index in [0.29, 0.717) is 19.6 Å². The molecule has 1 aromatic heterocycles. The number of carbonyl (C=O) groups excluding carboxylic acids is 1. The number of carbonyl (C=O) groups is 1. The molecular formula is C20H25FN4O2. The molecule has 0 spiro atoms. The minimum atomic E-state index is -0.257. The fraction of sp³-hybridized carbons (Fsp3) is 0.500. The summed E-state index contributed by atoms with van der Waals surface area (Å²) in [6, 6.07) is 6.89. The van der Waals surface area contributed by atoms with Crippen LogP contribution in [0.4, 0.5) is 4.39 Å². The van der Waals surface area contributed by atoms with Gasteiger partial charge >= 0.3 is 0 Å². The second-order valence-corrected chi connectivity index (χ2v) is 7.54. The number of amides is 1. The normalized spacial score (nSPS) is 23.6. The maximum absolute atomic E-state index is 14.0. The minimum Gasteiger partial charge on any atom is -0.374 e. The topological polar surface area (TPSA) is 50.6 Å². The molecule has 1 amide bonds. The number of aryl methyl sites for hydroxylation is 2. The van der Waals surface area contributed by atoms with Crippen molar-refractivity contribution in [2.45, 2.75) is 39.0 Å². The highest BCUT2D eigenvalue weighted by molar-refractivity contribution is 5.76. The number of likely N-dealkylation sites (N-methyl/N-ethyl adjacent to an activating group) is 1. The Balaban J connectivity index is 1.59. The molecule has 4 rings (SSSR count). The number of benzene rings is 1. The molecule has 2 aliphatic rings. The summed E-state index contributed by atoms with van der Waals surface area (Å²) in [4.78, 5) is 16.2. The molecule has 2 fully saturated rings. The Morgan fingerprint density at radius 3 is 2.81 bits per heavy atom. The van der Waals surface area contributed by atoms with Crippen LogP contribution >= 0.6 is 0 Å². The Hall–Kier alpha value is -2.25. The number of ether oxygens (including phenoxy) is 1. The van der Waals surface area contributed by atoms with Crippen LogP contribution in [0.2, 0.25) is 0 Å². The van der Waals surface area contributed by atoms with E-state index in [-0.39, 0.29) is 23.9 Å². The van der Waals surface area contributed by atoms with Gasteiger partial charge in [-0.3, -0.25) is 9.69 Å². The molecule has 2 saturated heterocycles. The molecule has 144 valence electrons. The molecule has 0 N–H and O–H groups in total. The Morgan fingerprint density at radius 2 is 2.07 bits per heavy atom. The molecule has 0 radical (unpaired) electrons. The minimum absolute atomic E-state index is 0.00661. The van der Waals surface area contributed by atoms with Crippen molar-refractivity contribution in [3.63, 3.8) is 0 Å². The van der Waals surface area contributed by atoms with Gasteiger partial charge in [0.05, 0.1) is 36.6 Å². The van der Waals surface area contributed by atoms with Crippen molar-refractivity contribution < 1.29 is 13.9 Å². The Labute approximate surface area is 158 Å². The van der Waals surface area contributed by atoms with Crippen molar-refractivity contribution in [3.05, 3.63) is 47.0 Å². The summed E-state index contributed by atoms with van der Waals surface area (Å²) >= 11 is 0. The van der Waals surface area contributed by atoms with Crippen LogP contribution in [0.15, 0.2) is 24.3 Å². The lowest BCUT2D eigenvalue weighted by Crippen LogP contribution is -2.42. The van der Waals surface area contributed by atoms with Crippen molar-refractivity contribution in [2.24, 2.45) is 0 Å². The van der Waals surface area contributed by atoms with E-state index in [9.17, 15) is 9.18 Å². The van der Waals surface area contributed by atoms with E-state index in [1.165, 1.54) is 6.07 Å². The molecule has 0 unspecified atom stereocenters. The van der Waals surface area contributed by atoms with E-state index in [1.807, 2.05) is 36.5 Å². The highest BCUT2D eigenvalue weighted by Gasteiger charge is 2.39. The predicted octanol–water partition coefficient (Wildman–Crippen LogP) is 2.06. The van der Waals surface area contributed by atoms with Gasteiger partial charge in [-0.2, -0.15) is 5.10 Å². The van der Waals surface area contributed by atoms with Gasteiger partial charge < -0.3 is 9.64 Å². The average molecular weight is 372 g/mol. The lowest BCUT2D eigenvalue weighted by molar-refractivity contribution is -0.131. The van der Waals surface area contributed by atoms with E-state index in [1.54, 1.807) is 12.1 Å². The maximum atomic E-state index is 14.0. The first-order chi connectivity index (χ1) is 12.9. The maximum Gasteiger partial charge on any atom is 0.225 e. The lowest BCUT2D eigenvalue weighted by Gasteiger charge is -2.25. The van der Waals surface area contributed by atoms with Gasteiger partial charge in [0, 0.05) is 32.4 Å². The van der Waals surface area contributed by atoms with Crippen LogP contribution in [0.25, 0.3) is 5.69 Å². The van der Waals surface area contributed by atoms with E-state index in [0.717, 1.165) is 35.7 Å². The molecule has 2 aliphatic heterocycles. The number of rotatable bonds is 3. The summed E-state index contributed by atoms with van der Waals surface area (Å²) in [6.07, 6.45) is 0.447. The molecule has 0 aliphatic carbocycles. The first-order valence-corrected chi connectivity index (χ1v) is 9.34. The standard InChI is InChI=1S/C20H25FN4O2/c1-13-8-14(2)25(22-13)17-5-4-16(21)9-15(17)10-24-11-18-19(12-24)27-7-6-20(26)23(18)3/h4-5,8-9,18-19H,6-7,10-12H2,1-3H3/t18-,19-/m0/s1. The number of hydrogen-bond acceptors (Lipinski definition) is 4. The molecule has 3 heterocycles. The zero-order valence-corrected chi connectivity index (χ0v) is 16.0. The van der Waals surface area contributed by atoms with Crippen molar-refractivity contribution in [2.75, 3.05) is 26.7 Å². The number of fused-ring (bicyclic) bond motifs is 1. The SMILES string of the molecule is Cc1cc(C)n(-c2ccc(F)cc2CN2C[C@@H]3OCCC(=O)N(C)[C@H]3C2)n1. The molecule has 2 atom stereocenters. The van der Waals surface area contributed by atoms with Gasteiger partial charge in [-0.05, 0) is 43.7 Å². The number of hydrogen-bond donors (Lipinski definition) is 0. The fourth-order valence-electron chi connectivity index (χ4n) is 4.16. The molecule has 1 aromatic carbocycles. The molecule has 6 nitrogen and oxygen atoms in total. The smallest absolute Gasteiger partial charge is 0.225 e. The zero-order valence-electron chi connectivity index (χ0n) is 16.0. The second kappa shape index (κ2) is 7.05. The average Bonchev–Trinajstić information content (AvgIpc) is 3.13. The Kier molecular flexibility index (Phi) is 4.74. The van der Waals surface area contributed by atoms with E-state index in [4.69, 9.17) is 4.74 Å². The van der Waals surface area contributed by atoms with Gasteiger partial charge in [0.1, 0.15) is 5.82 Å². The molecule has 7 heteroatoms. The Morgan fingerprint density at radius 1 is 1.26 bits per heavy atom. The third-order valence-corrected chi connectivity index (χ3v) is 5.52. The van der Waals surface area contributed by atoms with E-state index < -0.39 is 0 Å². The summed E-state index contributed by atoms with van der Waals surface area (Å²) in [5, 5.41) is 4.55. The van der Waals surface area contributed by atoms with Crippen LogP contribution in [-0.2, 0) is 16.1 Å². The van der Waals surface area contributed by atoms with Gasteiger partial charge in [0.2, 0.25) is 5.91 Å². The predicted molar refractivity (Wildman–Crippen MR) is 99.2 cm³/mol. The van der Waals surface area contributed by atoms with E-state index in [2.05, 4.69) is 10.00 Å². The molecule has 27 heavy (non-hydrogen) atoms. The number of halogens is 1. The largest absolute Gasteiger partial charge is 0.374 e. The molecule has 0 bridgehead atoms. The summed E-state index contributed by atoms with van der Waals surface area (Å²) in [5.41, 5.74) is 3.71. The van der Waals surface area contributed by atoms with Crippen molar-refractivity contribution in [3.8, 4) is 5.69 Å². The van der Waals surface area contributed by atoms with Crippen molar-refractivity contribution in [1.29, 1.82) is 0 Å². The van der Waals surface area contributed by atoms with Crippen LogP contribution in [0.3, 0.4) is 0 Å². The summed E-state index contributed by atoms with van der Waals surface area (Å²) < 4.78 is 21.7. The first-order valence-electron chi connectivity index (χ1n) is 9.34. The highest BCUT2D eigenvalue weighted by Crippen LogP contribution is 2.26.